The van der Waals surface area contributed by atoms with E-state index in [1.165, 1.54) is 0 Å². The third-order valence-electron chi connectivity index (χ3n) is 3.17. The molecule has 3 N–H and O–H groups in total. The molecule has 0 unspecified atom stereocenters. The molecule has 0 radical (unpaired) electrons. The number of nitrogens with zero attached hydrogens (tertiary/aromatic N) is 1. The predicted octanol–water partition coefficient (Wildman–Crippen LogP) is 1.45. The smallest absolute Gasteiger partial charge is 0.305 e. The van der Waals surface area contributed by atoms with Gasteiger partial charge in [0.1, 0.15) is 10.7 Å². The van der Waals surface area contributed by atoms with Crippen molar-refractivity contribution >= 4 is 33.4 Å². The van der Waals surface area contributed by atoms with Crippen LogP contribution in [0.5, 0.6) is 0 Å². The van der Waals surface area contributed by atoms with E-state index in [4.69, 9.17) is 5.11 Å². The van der Waals surface area contributed by atoms with Crippen LogP contribution in [0.15, 0.2) is 4.79 Å². The van der Waals surface area contributed by atoms with E-state index in [1.54, 1.807) is 6.92 Å². The lowest BCUT2D eigenvalue weighted by molar-refractivity contribution is -0.136. The van der Waals surface area contributed by atoms with Gasteiger partial charge in [0.15, 0.2) is 0 Å². The van der Waals surface area contributed by atoms with Gasteiger partial charge in [-0.25, -0.2) is 4.98 Å². The monoisotopic (exact) mass is 323 g/mol. The van der Waals surface area contributed by atoms with Crippen LogP contribution in [0.4, 0.5) is 0 Å². The summed E-state index contributed by atoms with van der Waals surface area (Å²) in [5.41, 5.74) is 0.330. The summed E-state index contributed by atoms with van der Waals surface area (Å²) in [5, 5.41) is 11.5. The first-order valence-corrected chi connectivity index (χ1v) is 7.78. The van der Waals surface area contributed by atoms with Crippen LogP contribution in [0.25, 0.3) is 10.2 Å². The van der Waals surface area contributed by atoms with Gasteiger partial charge in [-0.3, -0.25) is 14.4 Å². The molecule has 22 heavy (non-hydrogen) atoms. The summed E-state index contributed by atoms with van der Waals surface area (Å²) >= 11 is 1.15. The molecule has 8 heteroatoms. The van der Waals surface area contributed by atoms with Crippen LogP contribution >= 0.6 is 11.3 Å². The van der Waals surface area contributed by atoms with Crippen LogP contribution in [0.2, 0.25) is 0 Å². The maximum atomic E-state index is 12.1. The molecule has 0 aromatic carbocycles. The molecular weight excluding hydrogens is 306 g/mol. The molecule has 0 saturated heterocycles. The van der Waals surface area contributed by atoms with Gasteiger partial charge >= 0.3 is 5.97 Å². The van der Waals surface area contributed by atoms with Crippen LogP contribution in [0.1, 0.15) is 40.8 Å². The highest BCUT2D eigenvalue weighted by Crippen LogP contribution is 2.26. The summed E-state index contributed by atoms with van der Waals surface area (Å²) in [6.07, 6.45) is 1.39. The fourth-order valence-electron chi connectivity index (χ4n) is 2.12. The van der Waals surface area contributed by atoms with Gasteiger partial charge < -0.3 is 15.4 Å². The van der Waals surface area contributed by atoms with Crippen LogP contribution in [0.3, 0.4) is 0 Å². The molecule has 7 nitrogen and oxygen atoms in total. The number of carbonyl (C=O) groups is 2. The number of carbonyl (C=O) groups excluding carboxylic acids is 1. The number of aliphatic carboxylic acids is 1. The van der Waals surface area contributed by atoms with Crippen LogP contribution in [0, 0.1) is 6.92 Å². The third kappa shape index (κ3) is 3.33. The van der Waals surface area contributed by atoms with Gasteiger partial charge in [-0.2, -0.15) is 0 Å². The number of fused-ring (bicyclic) bond motifs is 1. The topological polar surface area (TPSA) is 112 Å². The van der Waals surface area contributed by atoms with Gasteiger partial charge in [0, 0.05) is 13.0 Å². The average molecular weight is 323 g/mol. The second kappa shape index (κ2) is 6.69. The van der Waals surface area contributed by atoms with E-state index in [-0.39, 0.29) is 24.4 Å². The van der Waals surface area contributed by atoms with Crippen LogP contribution in [-0.2, 0) is 11.2 Å². The fraction of sp³-hybridized carbons (Fsp3) is 0.429. The second-order valence-corrected chi connectivity index (χ2v) is 5.90. The first-order valence-electron chi connectivity index (χ1n) is 6.96. The molecule has 2 rings (SSSR count). The van der Waals surface area contributed by atoms with Gasteiger partial charge in [0.25, 0.3) is 11.5 Å². The zero-order chi connectivity index (χ0) is 16.3. The normalized spacial score (nSPS) is 10.8. The zero-order valence-corrected chi connectivity index (χ0v) is 13.2. The van der Waals surface area contributed by atoms with Crippen LogP contribution < -0.4 is 10.9 Å². The molecule has 0 aliphatic rings. The third-order valence-corrected chi connectivity index (χ3v) is 4.35. The molecule has 2 aromatic heterocycles. The van der Waals surface area contributed by atoms with E-state index >= 15 is 0 Å². The Balaban J connectivity index is 2.33. The lowest BCUT2D eigenvalue weighted by Gasteiger charge is -2.01. The minimum absolute atomic E-state index is 0.0483. The van der Waals surface area contributed by atoms with Crippen molar-refractivity contribution in [3.05, 3.63) is 26.6 Å². The molecule has 0 fully saturated rings. The molecule has 1 amide bonds. The Kier molecular flexibility index (Phi) is 4.92. The van der Waals surface area contributed by atoms with Crippen molar-refractivity contribution in [3.8, 4) is 0 Å². The van der Waals surface area contributed by atoms with E-state index in [0.29, 0.717) is 32.9 Å². The van der Waals surface area contributed by atoms with Crippen molar-refractivity contribution in [1.82, 2.24) is 15.3 Å². The molecule has 2 heterocycles. The fourth-order valence-corrected chi connectivity index (χ4v) is 3.24. The Hall–Kier alpha value is -2.22. The molecule has 2 aromatic rings. The number of nitrogens with one attached hydrogen (secondary N) is 2. The lowest BCUT2D eigenvalue weighted by atomic mass is 10.2. The van der Waals surface area contributed by atoms with Crippen molar-refractivity contribution < 1.29 is 14.7 Å². The van der Waals surface area contributed by atoms with Gasteiger partial charge in [-0.05, 0) is 18.9 Å². The maximum absolute atomic E-state index is 12.1. The second-order valence-electron chi connectivity index (χ2n) is 4.90. The maximum Gasteiger partial charge on any atom is 0.305 e. The van der Waals surface area contributed by atoms with Crippen molar-refractivity contribution in [1.29, 1.82) is 0 Å². The summed E-state index contributed by atoms with van der Waals surface area (Å²) in [5.74, 6) is -0.743. The predicted molar refractivity (Wildman–Crippen MR) is 83.6 cm³/mol. The first-order chi connectivity index (χ1) is 10.4. The number of aromatic nitrogens is 2. The number of hydrogen-bond donors (Lipinski definition) is 3. The van der Waals surface area contributed by atoms with Crippen molar-refractivity contribution in [2.45, 2.75) is 33.1 Å². The number of rotatable bonds is 6. The highest BCUT2D eigenvalue weighted by Gasteiger charge is 2.19. The Labute approximate surface area is 130 Å². The highest BCUT2D eigenvalue weighted by atomic mass is 32.1. The van der Waals surface area contributed by atoms with Crippen LogP contribution in [-0.4, -0.2) is 33.5 Å². The quantitative estimate of drug-likeness (QED) is 0.745. The summed E-state index contributed by atoms with van der Waals surface area (Å²) in [7, 11) is 0. The number of hydrogen-bond acceptors (Lipinski definition) is 5. The molecule has 0 bridgehead atoms. The van der Waals surface area contributed by atoms with Crippen molar-refractivity contribution in [3.63, 3.8) is 0 Å². The van der Waals surface area contributed by atoms with Gasteiger partial charge in [-0.1, -0.05) is 6.92 Å². The summed E-state index contributed by atoms with van der Waals surface area (Å²) in [6, 6.07) is 0. The average Bonchev–Trinajstić information content (AvgIpc) is 2.76. The number of H-pyrrole nitrogens is 1. The molecule has 118 valence electrons. The van der Waals surface area contributed by atoms with Gasteiger partial charge in [0.2, 0.25) is 0 Å². The van der Waals surface area contributed by atoms with E-state index < -0.39 is 5.97 Å². The Morgan fingerprint density at radius 2 is 2.14 bits per heavy atom. The van der Waals surface area contributed by atoms with E-state index in [9.17, 15) is 14.4 Å². The number of amides is 1. The summed E-state index contributed by atoms with van der Waals surface area (Å²) in [6.45, 7) is 3.74. The number of carboxylic acids is 1. The number of aryl methyl sites for hydroxylation is 2. The standard InChI is InChI=1S/C14H17N3O4S/c1-3-4-8-16-12(20)10-7(2)11(22-14(10)17-8)13(21)15-6-5-9(18)19/h3-6H2,1-2H3,(H,15,21)(H,18,19)(H,16,17,20). The summed E-state index contributed by atoms with van der Waals surface area (Å²) < 4.78 is 0. The summed E-state index contributed by atoms with van der Waals surface area (Å²) in [4.78, 5) is 42.8. The number of carboxylic acid groups (broad SMARTS) is 1. The number of aromatic amines is 1. The minimum Gasteiger partial charge on any atom is -0.481 e. The Morgan fingerprint density at radius 1 is 1.41 bits per heavy atom. The number of thiophene rings is 1. The van der Waals surface area contributed by atoms with E-state index in [1.807, 2.05) is 6.92 Å². The van der Waals surface area contributed by atoms with E-state index in [0.717, 1.165) is 17.8 Å². The van der Waals surface area contributed by atoms with Gasteiger partial charge in [0.05, 0.1) is 16.7 Å². The Morgan fingerprint density at radius 3 is 2.77 bits per heavy atom. The lowest BCUT2D eigenvalue weighted by Crippen LogP contribution is -2.25. The minimum atomic E-state index is -0.976. The molecule has 0 aliphatic carbocycles. The first kappa shape index (κ1) is 16.2. The Bertz CT molecular complexity index is 778. The molecule has 0 saturated carbocycles. The highest BCUT2D eigenvalue weighted by molar-refractivity contribution is 7.20. The SMILES string of the molecule is CCCc1nc2sc(C(=O)NCCC(=O)O)c(C)c2c(=O)[nH]1. The molecule has 0 atom stereocenters. The van der Waals surface area contributed by atoms with Crippen molar-refractivity contribution in [2.24, 2.45) is 0 Å². The molecule has 0 aliphatic heterocycles. The van der Waals surface area contributed by atoms with E-state index in [2.05, 4.69) is 15.3 Å². The zero-order valence-electron chi connectivity index (χ0n) is 12.4. The largest absolute Gasteiger partial charge is 0.481 e. The molecular formula is C14H17N3O4S. The van der Waals surface area contributed by atoms with Gasteiger partial charge in [-0.15, -0.1) is 11.3 Å². The van der Waals surface area contributed by atoms with Crippen molar-refractivity contribution in [2.75, 3.05) is 6.54 Å². The molecule has 0 spiro atoms.